The Bertz CT molecular complexity index is 1590. The molecule has 41 heavy (non-hydrogen) atoms. The Morgan fingerprint density at radius 2 is 1.54 bits per heavy atom. The smallest absolute Gasteiger partial charge is 0.199 e. The fourth-order valence-corrected chi connectivity index (χ4v) is 9.92. The van der Waals surface area contributed by atoms with E-state index in [0.717, 1.165) is 73.6 Å². The molecule has 214 valence electrons. The molecule has 2 aromatic rings. The van der Waals surface area contributed by atoms with Gasteiger partial charge in [0.1, 0.15) is 21.2 Å². The van der Waals surface area contributed by atoms with Crippen molar-refractivity contribution in [2.24, 2.45) is 0 Å². The summed E-state index contributed by atoms with van der Waals surface area (Å²) in [6, 6.07) is 5.77. The van der Waals surface area contributed by atoms with Crippen LogP contribution < -0.4 is 15.2 Å². The van der Waals surface area contributed by atoms with E-state index in [4.69, 9.17) is 0 Å². The fourth-order valence-electron chi connectivity index (χ4n) is 6.85. The zero-order valence-electron chi connectivity index (χ0n) is 23.3. The molecule has 0 saturated carbocycles. The lowest BCUT2D eigenvalue weighted by Crippen LogP contribution is -2.50. The molecule has 9 heteroatoms. The minimum absolute atomic E-state index is 0.0479. The Kier molecular flexibility index (Phi) is 7.04. The van der Waals surface area contributed by atoms with Crippen LogP contribution in [0.25, 0.3) is 5.57 Å². The normalized spacial score (nSPS) is 20.1. The quantitative estimate of drug-likeness (QED) is 0.169. The van der Waals surface area contributed by atoms with Crippen molar-refractivity contribution in [3.8, 4) is 0 Å². The zero-order valence-corrected chi connectivity index (χ0v) is 24.3. The molecule has 3 heterocycles. The predicted molar refractivity (Wildman–Crippen MR) is 152 cm³/mol. The van der Waals surface area contributed by atoms with E-state index in [0.29, 0.717) is 11.1 Å². The third kappa shape index (κ3) is 4.49. The van der Waals surface area contributed by atoms with Gasteiger partial charge >= 0.3 is 0 Å². The molecule has 2 fully saturated rings. The van der Waals surface area contributed by atoms with Gasteiger partial charge in [0, 0.05) is 54.9 Å². The van der Waals surface area contributed by atoms with Gasteiger partial charge in [0.05, 0.1) is 5.97 Å². The number of nitrogens with zero attached hydrogens (tertiary/aromatic N) is 2. The summed E-state index contributed by atoms with van der Waals surface area (Å²) in [5, 5.41) is 14.0. The maximum absolute atomic E-state index is 15.7. The second kappa shape index (κ2) is 10.4. The lowest BCUT2D eigenvalue weighted by molar-refractivity contribution is -0.535. The second-order valence-corrected chi connectivity index (χ2v) is 16.2. The van der Waals surface area contributed by atoms with E-state index in [1.165, 1.54) is 12.8 Å². The molecule has 0 unspecified atom stereocenters. The standard InChI is InChI=1S/C32H32F4N2O2Si/c1-41(2)23-17-19(37-13-5-3-6-14-37)9-11-21(23)25(26-27(32(39)40)29(34)31(36)30(35)28(26)33)22-12-10-20(18-24(22)41)38-15-7-4-8-16-38/h9-12,17-18H,3-8,13-16H2,1-2H3. The predicted octanol–water partition coefficient (Wildman–Crippen LogP) is 5.00. The lowest BCUT2D eigenvalue weighted by Gasteiger charge is -2.39. The minimum Gasteiger partial charge on any atom is -0.545 e. The number of carbonyl (C=O) groups excluding carboxylic acids is 1. The molecule has 0 N–H and O–H groups in total. The Hall–Kier alpha value is -3.46. The summed E-state index contributed by atoms with van der Waals surface area (Å²) in [6.45, 7) is 8.00. The van der Waals surface area contributed by atoms with Gasteiger partial charge in [-0.15, -0.1) is 0 Å². The number of fused-ring (bicyclic) bond motifs is 2. The number of halogens is 4. The highest BCUT2D eigenvalue weighted by Gasteiger charge is 2.43. The second-order valence-electron chi connectivity index (χ2n) is 11.8. The summed E-state index contributed by atoms with van der Waals surface area (Å²) < 4.78 is 62.0. The number of benzene rings is 2. The van der Waals surface area contributed by atoms with E-state index in [2.05, 4.69) is 34.7 Å². The first kappa shape index (κ1) is 27.7. The van der Waals surface area contributed by atoms with Crippen LogP contribution in [0.4, 0.5) is 23.2 Å². The number of carboxylic acid groups (broad SMARTS) is 1. The van der Waals surface area contributed by atoms with Gasteiger partial charge in [-0.3, -0.25) is 0 Å². The fraction of sp³-hybridized carbons (Fsp3) is 0.375. The number of carbonyl (C=O) groups is 1. The van der Waals surface area contributed by atoms with E-state index < -0.39 is 48.4 Å². The third-order valence-electron chi connectivity index (χ3n) is 9.06. The molecule has 2 saturated heterocycles. The van der Waals surface area contributed by atoms with Crippen LogP contribution in [0.15, 0.2) is 47.2 Å². The summed E-state index contributed by atoms with van der Waals surface area (Å²) in [5.74, 6) is -10.0. The van der Waals surface area contributed by atoms with E-state index in [-0.39, 0.29) is 5.57 Å². The van der Waals surface area contributed by atoms with Crippen molar-refractivity contribution in [2.45, 2.75) is 51.6 Å². The molecule has 0 amide bonds. The van der Waals surface area contributed by atoms with Crippen molar-refractivity contribution in [1.82, 2.24) is 0 Å². The Balaban J connectivity index is 1.67. The molecule has 4 nitrogen and oxygen atoms in total. The summed E-state index contributed by atoms with van der Waals surface area (Å²) in [4.78, 5) is 14.5. The number of anilines is 1. The number of allylic oxidation sites excluding steroid dienone is 5. The van der Waals surface area contributed by atoms with Crippen LogP contribution in [-0.2, 0) is 0 Å². The SMILES string of the molecule is C[Si]1(C)C2=CC(=[N+]3CCCCC3)C=CC2=C(c2c(F)c(F)c(F)c(F)c2C(=O)[O-])c2ccc(N3CCCCC3)cc21. The van der Waals surface area contributed by atoms with Crippen LogP contribution in [0, 0.1) is 23.3 Å². The topological polar surface area (TPSA) is 46.4 Å². The average Bonchev–Trinajstić information content (AvgIpc) is 2.99. The molecule has 0 atom stereocenters. The average molecular weight is 581 g/mol. The van der Waals surface area contributed by atoms with Gasteiger partial charge in [-0.1, -0.05) is 19.2 Å². The summed E-state index contributed by atoms with van der Waals surface area (Å²) in [6.07, 6.45) is 12.4. The molecule has 2 aromatic carbocycles. The van der Waals surface area contributed by atoms with Crippen LogP contribution >= 0.6 is 0 Å². The van der Waals surface area contributed by atoms with Gasteiger partial charge in [-0.2, -0.15) is 0 Å². The van der Waals surface area contributed by atoms with Crippen LogP contribution in [-0.4, -0.2) is 50.5 Å². The first-order valence-electron chi connectivity index (χ1n) is 14.4. The van der Waals surface area contributed by atoms with Crippen LogP contribution in [0.3, 0.4) is 0 Å². The van der Waals surface area contributed by atoms with E-state index in [9.17, 15) is 18.7 Å². The van der Waals surface area contributed by atoms with Crippen molar-refractivity contribution in [1.29, 1.82) is 0 Å². The lowest BCUT2D eigenvalue weighted by atomic mass is 9.86. The van der Waals surface area contributed by atoms with Crippen molar-refractivity contribution < 1.29 is 32.0 Å². The van der Waals surface area contributed by atoms with Gasteiger partial charge in [-0.05, 0) is 71.0 Å². The van der Waals surface area contributed by atoms with Gasteiger partial charge in [0.25, 0.3) is 0 Å². The highest BCUT2D eigenvalue weighted by Crippen LogP contribution is 2.44. The largest absolute Gasteiger partial charge is 0.545 e. The van der Waals surface area contributed by atoms with Crippen LogP contribution in [0.5, 0.6) is 0 Å². The number of aromatic carboxylic acids is 1. The molecular weight excluding hydrogens is 548 g/mol. The molecule has 6 rings (SSSR count). The number of rotatable bonds is 3. The molecule has 0 spiro atoms. The van der Waals surface area contributed by atoms with E-state index in [1.807, 2.05) is 12.1 Å². The maximum Gasteiger partial charge on any atom is 0.199 e. The first-order chi connectivity index (χ1) is 19.6. The van der Waals surface area contributed by atoms with E-state index >= 15 is 8.78 Å². The third-order valence-corrected chi connectivity index (χ3v) is 12.6. The maximum atomic E-state index is 15.7. The van der Waals surface area contributed by atoms with Gasteiger partial charge in [0.15, 0.2) is 29.0 Å². The molecule has 3 aliphatic heterocycles. The summed E-state index contributed by atoms with van der Waals surface area (Å²) in [5.41, 5.74) is 0.957. The van der Waals surface area contributed by atoms with Gasteiger partial charge in [0.2, 0.25) is 0 Å². The summed E-state index contributed by atoms with van der Waals surface area (Å²) >= 11 is 0. The Labute approximate surface area is 238 Å². The Morgan fingerprint density at radius 3 is 2.22 bits per heavy atom. The summed E-state index contributed by atoms with van der Waals surface area (Å²) in [7, 11) is -2.52. The molecule has 0 radical (unpaired) electrons. The van der Waals surface area contributed by atoms with Crippen molar-refractivity contribution >= 4 is 36.2 Å². The number of hydrogen-bond donors (Lipinski definition) is 0. The highest BCUT2D eigenvalue weighted by molar-refractivity contribution is 6.98. The molecule has 0 bridgehead atoms. The monoisotopic (exact) mass is 580 g/mol. The molecular formula is C32H32F4N2O2Si. The first-order valence-corrected chi connectivity index (χ1v) is 17.4. The van der Waals surface area contributed by atoms with Crippen molar-refractivity contribution in [3.63, 3.8) is 0 Å². The molecule has 1 aliphatic carbocycles. The number of carboxylic acids is 1. The molecule has 0 aromatic heterocycles. The number of piperidine rings is 2. The van der Waals surface area contributed by atoms with Gasteiger partial charge in [-0.25, -0.2) is 22.1 Å². The molecule has 4 aliphatic rings. The van der Waals surface area contributed by atoms with Crippen LogP contribution in [0.2, 0.25) is 13.1 Å². The van der Waals surface area contributed by atoms with Crippen molar-refractivity contribution in [3.05, 3.63) is 87.2 Å². The zero-order chi connectivity index (χ0) is 29.1. The number of hydrogen-bond acceptors (Lipinski definition) is 3. The highest BCUT2D eigenvalue weighted by atomic mass is 28.3. The van der Waals surface area contributed by atoms with Crippen molar-refractivity contribution in [2.75, 3.05) is 31.1 Å². The van der Waals surface area contributed by atoms with Gasteiger partial charge < -0.3 is 14.8 Å². The minimum atomic E-state index is -2.52. The van der Waals surface area contributed by atoms with E-state index in [1.54, 1.807) is 12.1 Å². The Morgan fingerprint density at radius 1 is 0.878 bits per heavy atom. The van der Waals surface area contributed by atoms with Crippen LogP contribution in [0.1, 0.15) is 60.0 Å².